The summed E-state index contributed by atoms with van der Waals surface area (Å²) >= 11 is 0. The summed E-state index contributed by atoms with van der Waals surface area (Å²) in [5.41, 5.74) is 0. The maximum Gasteiger partial charge on any atom is 0.325 e. The van der Waals surface area contributed by atoms with Crippen LogP contribution < -0.4 is 5.84 Å². The molecule has 1 aliphatic rings. The van der Waals surface area contributed by atoms with Gasteiger partial charge in [0.25, 0.3) is 0 Å². The molecule has 0 atom stereocenters. The molecule has 0 radical (unpaired) electrons. The Balaban J connectivity index is 2.81. The number of likely N-dealkylation sites (N-methyl/N-ethyl adjacent to an activating group) is 2. The molecule has 1 saturated heterocycles. The predicted octanol–water partition coefficient (Wildman–Crippen LogP) is -0.744. The topological polar surface area (TPSA) is 61.9 Å². The van der Waals surface area contributed by atoms with E-state index in [1.54, 1.807) is 19.0 Å². The summed E-state index contributed by atoms with van der Waals surface area (Å²) in [6.07, 6.45) is 0. The van der Waals surface area contributed by atoms with E-state index in [4.69, 9.17) is 5.84 Å². The number of amides is 2. The molecule has 10 heavy (non-hydrogen) atoms. The quantitative estimate of drug-likeness (QED) is 0.357. The Labute approximate surface area is 59.1 Å². The van der Waals surface area contributed by atoms with Crippen molar-refractivity contribution >= 4 is 11.9 Å². The molecule has 0 spiro atoms. The zero-order chi connectivity index (χ0) is 7.72. The van der Waals surface area contributed by atoms with Gasteiger partial charge in [-0.1, -0.05) is 0 Å². The van der Waals surface area contributed by atoms with Gasteiger partial charge in [-0.05, 0) is 0 Å². The lowest BCUT2D eigenvalue weighted by Gasteiger charge is -2.07. The van der Waals surface area contributed by atoms with Crippen molar-refractivity contribution in [1.82, 2.24) is 9.80 Å². The Kier molecular flexibility index (Phi) is 1.48. The molecule has 56 valence electrons. The first kappa shape index (κ1) is 6.85. The molecule has 2 N–H and O–H groups in total. The van der Waals surface area contributed by atoms with E-state index in [-0.39, 0.29) is 6.03 Å². The Hall–Kier alpha value is -1.26. The molecule has 0 aromatic rings. The smallest absolute Gasteiger partial charge is 0.322 e. The van der Waals surface area contributed by atoms with Crippen molar-refractivity contribution in [3.63, 3.8) is 0 Å². The highest BCUT2D eigenvalue weighted by Gasteiger charge is 2.27. The number of amidine groups is 1. The number of carbonyl (C=O) groups is 1. The first-order valence-electron chi connectivity index (χ1n) is 2.92. The number of hydrazone groups is 1. The summed E-state index contributed by atoms with van der Waals surface area (Å²) in [6, 6.07) is -0.0656. The lowest BCUT2D eigenvalue weighted by atomic mass is 10.6. The molecule has 1 heterocycles. The minimum absolute atomic E-state index is 0.0656. The van der Waals surface area contributed by atoms with Crippen LogP contribution in [-0.2, 0) is 0 Å². The fourth-order valence-electron chi connectivity index (χ4n) is 0.880. The lowest BCUT2D eigenvalue weighted by molar-refractivity contribution is 0.209. The van der Waals surface area contributed by atoms with Crippen LogP contribution in [0.5, 0.6) is 0 Å². The van der Waals surface area contributed by atoms with E-state index in [1.165, 1.54) is 4.90 Å². The molecule has 0 unspecified atom stereocenters. The minimum atomic E-state index is -0.0656. The van der Waals surface area contributed by atoms with Crippen LogP contribution in [0.2, 0.25) is 0 Å². The standard InChI is InChI=1S/C5H10N4O/c1-8-3-4(7-6)9(2)5(8)10/h3,6H2,1-2H3. The third kappa shape index (κ3) is 0.792. The van der Waals surface area contributed by atoms with Gasteiger partial charge >= 0.3 is 6.03 Å². The number of urea groups is 1. The second-order valence-corrected chi connectivity index (χ2v) is 2.24. The Bertz CT molecular complexity index is 188. The molecule has 0 bridgehead atoms. The van der Waals surface area contributed by atoms with E-state index in [0.717, 1.165) is 0 Å². The van der Waals surface area contributed by atoms with Crippen LogP contribution in [-0.4, -0.2) is 42.3 Å². The second kappa shape index (κ2) is 2.17. The van der Waals surface area contributed by atoms with Gasteiger partial charge in [0.15, 0.2) is 5.84 Å². The highest BCUT2D eigenvalue weighted by atomic mass is 16.2. The molecule has 5 heteroatoms. The van der Waals surface area contributed by atoms with Crippen LogP contribution in [0.1, 0.15) is 0 Å². The number of nitrogens with zero attached hydrogens (tertiary/aromatic N) is 3. The maximum atomic E-state index is 11.0. The van der Waals surface area contributed by atoms with Crippen LogP contribution in [0.15, 0.2) is 5.10 Å². The van der Waals surface area contributed by atoms with Crippen molar-refractivity contribution < 1.29 is 4.79 Å². The molecular formula is C5H10N4O. The van der Waals surface area contributed by atoms with Gasteiger partial charge in [-0.3, -0.25) is 4.90 Å². The number of carbonyl (C=O) groups excluding carboxylic acids is 1. The van der Waals surface area contributed by atoms with Crippen LogP contribution in [0, 0.1) is 0 Å². The van der Waals surface area contributed by atoms with Crippen molar-refractivity contribution in [1.29, 1.82) is 0 Å². The molecule has 2 amide bonds. The van der Waals surface area contributed by atoms with Crippen molar-refractivity contribution in [3.05, 3.63) is 0 Å². The summed E-state index contributed by atoms with van der Waals surface area (Å²) in [5, 5.41) is 3.45. The molecule has 0 aromatic heterocycles. The van der Waals surface area contributed by atoms with Crippen molar-refractivity contribution in [2.45, 2.75) is 0 Å². The number of rotatable bonds is 0. The fourth-order valence-corrected chi connectivity index (χ4v) is 0.880. The highest BCUT2D eigenvalue weighted by molar-refractivity contribution is 6.04. The van der Waals surface area contributed by atoms with Crippen LogP contribution >= 0.6 is 0 Å². The normalized spacial score (nSPS) is 23.0. The Morgan fingerprint density at radius 1 is 1.60 bits per heavy atom. The van der Waals surface area contributed by atoms with Crippen LogP contribution in [0.25, 0.3) is 0 Å². The van der Waals surface area contributed by atoms with E-state index < -0.39 is 0 Å². The van der Waals surface area contributed by atoms with Crippen LogP contribution in [0.3, 0.4) is 0 Å². The molecule has 1 fully saturated rings. The first-order chi connectivity index (χ1) is 4.66. The van der Waals surface area contributed by atoms with Crippen LogP contribution in [0.4, 0.5) is 4.79 Å². The Morgan fingerprint density at radius 2 is 2.20 bits per heavy atom. The molecule has 0 saturated carbocycles. The summed E-state index contributed by atoms with van der Waals surface area (Å²) < 4.78 is 0. The van der Waals surface area contributed by atoms with Gasteiger partial charge in [-0.2, -0.15) is 5.10 Å². The molecule has 0 aliphatic carbocycles. The highest BCUT2D eigenvalue weighted by Crippen LogP contribution is 2.04. The zero-order valence-electron chi connectivity index (χ0n) is 6.03. The molecular weight excluding hydrogens is 132 g/mol. The van der Waals surface area contributed by atoms with Gasteiger partial charge in [0, 0.05) is 14.1 Å². The molecule has 5 nitrogen and oxygen atoms in total. The fraction of sp³-hybridized carbons (Fsp3) is 0.600. The van der Waals surface area contributed by atoms with E-state index in [9.17, 15) is 4.79 Å². The summed E-state index contributed by atoms with van der Waals surface area (Å²) in [4.78, 5) is 14.0. The monoisotopic (exact) mass is 142 g/mol. The van der Waals surface area contributed by atoms with Gasteiger partial charge in [-0.15, -0.1) is 0 Å². The summed E-state index contributed by atoms with van der Waals surface area (Å²) in [5.74, 6) is 5.62. The summed E-state index contributed by atoms with van der Waals surface area (Å²) in [7, 11) is 3.36. The van der Waals surface area contributed by atoms with Crippen molar-refractivity contribution in [2.75, 3.05) is 20.6 Å². The lowest BCUT2D eigenvalue weighted by Crippen LogP contribution is -2.27. The SMILES string of the molecule is CN1CC(=NN)N(C)C1=O. The third-order valence-electron chi connectivity index (χ3n) is 1.53. The van der Waals surface area contributed by atoms with E-state index in [2.05, 4.69) is 5.10 Å². The van der Waals surface area contributed by atoms with Crippen molar-refractivity contribution in [2.24, 2.45) is 10.9 Å². The van der Waals surface area contributed by atoms with Gasteiger partial charge < -0.3 is 10.7 Å². The van der Waals surface area contributed by atoms with Gasteiger partial charge in [0.05, 0.1) is 6.54 Å². The van der Waals surface area contributed by atoms with E-state index >= 15 is 0 Å². The largest absolute Gasteiger partial charge is 0.325 e. The van der Waals surface area contributed by atoms with E-state index in [0.29, 0.717) is 12.4 Å². The number of hydrogen-bond donors (Lipinski definition) is 1. The minimum Gasteiger partial charge on any atom is -0.322 e. The van der Waals surface area contributed by atoms with Crippen molar-refractivity contribution in [3.8, 4) is 0 Å². The van der Waals surface area contributed by atoms with E-state index in [1.807, 2.05) is 0 Å². The maximum absolute atomic E-state index is 11.0. The molecule has 1 rings (SSSR count). The average molecular weight is 142 g/mol. The number of hydrogen-bond acceptors (Lipinski definition) is 3. The van der Waals surface area contributed by atoms with Gasteiger partial charge in [-0.25, -0.2) is 4.79 Å². The average Bonchev–Trinajstić information content (AvgIpc) is 2.17. The molecule has 1 aliphatic heterocycles. The number of nitrogens with two attached hydrogens (primary N) is 1. The van der Waals surface area contributed by atoms with Gasteiger partial charge in [0.2, 0.25) is 0 Å². The second-order valence-electron chi connectivity index (χ2n) is 2.24. The van der Waals surface area contributed by atoms with Gasteiger partial charge in [0.1, 0.15) is 0 Å². The predicted molar refractivity (Wildman–Crippen MR) is 37.4 cm³/mol. The first-order valence-corrected chi connectivity index (χ1v) is 2.92. The third-order valence-corrected chi connectivity index (χ3v) is 1.53. The zero-order valence-corrected chi connectivity index (χ0v) is 6.03. The Morgan fingerprint density at radius 3 is 2.40 bits per heavy atom. The summed E-state index contributed by atoms with van der Waals surface area (Å²) in [6.45, 7) is 0.506. The molecule has 0 aromatic carbocycles.